The number of anilines is 3. The smallest absolute Gasteiger partial charge is 0.278 e. The van der Waals surface area contributed by atoms with E-state index in [4.69, 9.17) is 0 Å². The summed E-state index contributed by atoms with van der Waals surface area (Å²) in [4.78, 5) is 31.7. The van der Waals surface area contributed by atoms with Gasteiger partial charge in [-0.25, -0.2) is 23.7 Å². The van der Waals surface area contributed by atoms with Crippen molar-refractivity contribution in [1.29, 1.82) is 0 Å². The first-order valence-electron chi connectivity index (χ1n) is 13.1. The zero-order valence-electron chi connectivity index (χ0n) is 22.0. The third-order valence-electron chi connectivity index (χ3n) is 7.51. The largest absolute Gasteiger partial charge is 0.384 e. The van der Waals surface area contributed by atoms with Gasteiger partial charge >= 0.3 is 0 Å². The molecule has 1 aromatic carbocycles. The summed E-state index contributed by atoms with van der Waals surface area (Å²) in [6, 6.07) is 13.3. The molecule has 2 aliphatic rings. The van der Waals surface area contributed by atoms with Crippen LogP contribution in [0, 0.1) is 0 Å². The van der Waals surface area contributed by atoms with Crippen molar-refractivity contribution in [3.8, 4) is 5.82 Å². The van der Waals surface area contributed by atoms with Crippen LogP contribution in [0.1, 0.15) is 25.5 Å². The minimum Gasteiger partial charge on any atom is -0.384 e. The Morgan fingerprint density at radius 2 is 1.82 bits per heavy atom. The highest BCUT2D eigenvalue weighted by Gasteiger charge is 2.27. The zero-order valence-corrected chi connectivity index (χ0v) is 22.0. The molecular formula is C28H31FN8O2. The van der Waals surface area contributed by atoms with Gasteiger partial charge < -0.3 is 20.2 Å². The predicted molar refractivity (Wildman–Crippen MR) is 148 cm³/mol. The number of hydrogen-bond donors (Lipinski definition) is 2. The molecule has 0 amide bonds. The van der Waals surface area contributed by atoms with Crippen LogP contribution in [0.4, 0.5) is 21.7 Å². The van der Waals surface area contributed by atoms with Gasteiger partial charge in [0.15, 0.2) is 11.5 Å². The fourth-order valence-electron chi connectivity index (χ4n) is 5.06. The Kier molecular flexibility index (Phi) is 6.40. The minimum atomic E-state index is -1.34. The van der Waals surface area contributed by atoms with Gasteiger partial charge in [0.2, 0.25) is 5.95 Å². The van der Waals surface area contributed by atoms with Gasteiger partial charge in [-0.1, -0.05) is 6.07 Å². The van der Waals surface area contributed by atoms with Crippen LogP contribution in [0.25, 0.3) is 16.9 Å². The molecule has 1 fully saturated rings. The third-order valence-corrected chi connectivity index (χ3v) is 7.51. The summed E-state index contributed by atoms with van der Waals surface area (Å²) in [7, 11) is 2.14. The molecule has 3 aromatic heterocycles. The molecule has 5 heterocycles. The van der Waals surface area contributed by atoms with Gasteiger partial charge in [-0.2, -0.15) is 4.98 Å². The molecular weight excluding hydrogens is 499 g/mol. The average molecular weight is 531 g/mol. The van der Waals surface area contributed by atoms with Crippen LogP contribution in [-0.2, 0) is 12.1 Å². The molecule has 1 saturated heterocycles. The number of nitrogens with one attached hydrogen (secondary N) is 1. The standard InChI is InChI=1S/C28H31FN8O2/c1-28(39)12-10-19(29)11-13-36-26(38)22-18-30-27(33-25(22)37(36)24-5-3-4-23(28)32-24)31-20-6-8-21(9-7-20)35-16-14-34(2)15-17-35/h3-9,11,18,39H,10,12-17H2,1-2H3,(H,30,31,33)/b19-11+. The van der Waals surface area contributed by atoms with E-state index in [9.17, 15) is 14.3 Å². The van der Waals surface area contributed by atoms with Crippen LogP contribution >= 0.6 is 0 Å². The van der Waals surface area contributed by atoms with Crippen molar-refractivity contribution >= 4 is 28.4 Å². The van der Waals surface area contributed by atoms with Crippen molar-refractivity contribution in [1.82, 2.24) is 29.2 Å². The molecule has 202 valence electrons. The van der Waals surface area contributed by atoms with Crippen molar-refractivity contribution in [3.63, 3.8) is 0 Å². The quantitative estimate of drug-likeness (QED) is 0.416. The number of benzene rings is 1. The molecule has 2 bridgehead atoms. The molecule has 10 nitrogen and oxygen atoms in total. The summed E-state index contributed by atoms with van der Waals surface area (Å²) in [6.45, 7) is 5.65. The molecule has 0 aliphatic carbocycles. The number of likely N-dealkylation sites (N-methyl/N-ethyl adjacent to an activating group) is 1. The molecule has 0 radical (unpaired) electrons. The van der Waals surface area contributed by atoms with Crippen LogP contribution in [0.5, 0.6) is 0 Å². The number of aliphatic hydroxyl groups is 1. The second kappa shape index (κ2) is 9.90. The van der Waals surface area contributed by atoms with Gasteiger partial charge in [-0.3, -0.25) is 4.79 Å². The molecule has 0 spiro atoms. The highest BCUT2D eigenvalue weighted by molar-refractivity contribution is 5.77. The summed E-state index contributed by atoms with van der Waals surface area (Å²) < 4.78 is 17.6. The van der Waals surface area contributed by atoms with Crippen molar-refractivity contribution in [2.75, 3.05) is 43.4 Å². The Morgan fingerprint density at radius 3 is 2.59 bits per heavy atom. The summed E-state index contributed by atoms with van der Waals surface area (Å²) in [5.74, 6) is 0.314. The lowest BCUT2D eigenvalue weighted by molar-refractivity contribution is 0.0421. The second-order valence-electron chi connectivity index (χ2n) is 10.4. The van der Waals surface area contributed by atoms with Crippen molar-refractivity contribution < 1.29 is 9.50 Å². The maximum atomic E-state index is 14.6. The van der Waals surface area contributed by atoms with Crippen molar-refractivity contribution in [2.24, 2.45) is 0 Å². The fraction of sp³-hybridized carbons (Fsp3) is 0.357. The number of piperazine rings is 1. The first kappa shape index (κ1) is 25.2. The Bertz CT molecular complexity index is 1600. The number of aromatic nitrogens is 5. The predicted octanol–water partition coefficient (Wildman–Crippen LogP) is 3.33. The lowest BCUT2D eigenvalue weighted by atomic mass is 9.95. The topological polar surface area (TPSA) is 104 Å². The summed E-state index contributed by atoms with van der Waals surface area (Å²) >= 11 is 0. The van der Waals surface area contributed by atoms with E-state index < -0.39 is 11.4 Å². The van der Waals surface area contributed by atoms with Crippen molar-refractivity contribution in [3.05, 3.63) is 76.6 Å². The average Bonchev–Trinajstić information content (AvgIpc) is 3.21. The molecule has 4 aromatic rings. The van der Waals surface area contributed by atoms with E-state index in [1.54, 1.807) is 29.8 Å². The Labute approximate surface area is 225 Å². The van der Waals surface area contributed by atoms with Crippen LogP contribution in [0.2, 0.25) is 0 Å². The normalized spacial score (nSPS) is 21.6. The van der Waals surface area contributed by atoms with E-state index >= 15 is 0 Å². The van der Waals surface area contributed by atoms with E-state index in [0.717, 1.165) is 37.6 Å². The van der Waals surface area contributed by atoms with Crippen LogP contribution in [0.3, 0.4) is 0 Å². The molecule has 39 heavy (non-hydrogen) atoms. The van der Waals surface area contributed by atoms with Crippen molar-refractivity contribution in [2.45, 2.75) is 31.9 Å². The van der Waals surface area contributed by atoms with Gasteiger partial charge in [0.1, 0.15) is 11.0 Å². The van der Waals surface area contributed by atoms with E-state index in [0.29, 0.717) is 23.1 Å². The van der Waals surface area contributed by atoms with E-state index in [1.165, 1.54) is 17.0 Å². The number of hydrogen-bond acceptors (Lipinski definition) is 8. The summed E-state index contributed by atoms with van der Waals surface area (Å²) in [5, 5.41) is 14.5. The van der Waals surface area contributed by atoms with Crippen LogP contribution in [-0.4, -0.2) is 67.5 Å². The zero-order chi connectivity index (χ0) is 27.1. The minimum absolute atomic E-state index is 0.00834. The lowest BCUT2D eigenvalue weighted by Gasteiger charge is -2.34. The fourth-order valence-corrected chi connectivity index (χ4v) is 5.06. The molecule has 11 heteroatoms. The Hall–Kier alpha value is -4.09. The Morgan fingerprint density at radius 1 is 1.05 bits per heavy atom. The lowest BCUT2D eigenvalue weighted by Crippen LogP contribution is -2.44. The van der Waals surface area contributed by atoms with Crippen LogP contribution < -0.4 is 15.8 Å². The summed E-state index contributed by atoms with van der Waals surface area (Å²) in [6.07, 6.45) is 3.04. The summed E-state index contributed by atoms with van der Waals surface area (Å²) in [5.41, 5.74) is 1.02. The highest BCUT2D eigenvalue weighted by atomic mass is 19.1. The maximum Gasteiger partial charge on any atom is 0.278 e. The molecule has 0 saturated carbocycles. The van der Waals surface area contributed by atoms with E-state index in [1.807, 2.05) is 12.1 Å². The first-order chi connectivity index (χ1) is 18.8. The number of halogens is 1. The molecule has 2 N–H and O–H groups in total. The number of rotatable bonds is 3. The van der Waals surface area contributed by atoms with Gasteiger partial charge in [0, 0.05) is 50.2 Å². The molecule has 1 unspecified atom stereocenters. The molecule has 6 rings (SSSR count). The maximum absolute atomic E-state index is 14.6. The van der Waals surface area contributed by atoms with E-state index in [2.05, 4.69) is 49.2 Å². The number of fused-ring (bicyclic) bond motifs is 6. The highest BCUT2D eigenvalue weighted by Crippen LogP contribution is 2.29. The van der Waals surface area contributed by atoms with E-state index in [-0.39, 0.29) is 30.3 Å². The second-order valence-corrected chi connectivity index (χ2v) is 10.4. The van der Waals surface area contributed by atoms with Gasteiger partial charge in [-0.15, -0.1) is 0 Å². The van der Waals surface area contributed by atoms with Gasteiger partial charge in [0.05, 0.1) is 18.1 Å². The SMILES string of the molecule is CN1CCN(c2ccc(Nc3ncc4c(=O)n5n(c4n3)-c3cccc(n3)C(C)(O)CC/C(F)=C\C5)cc2)CC1. The number of pyridine rings is 1. The monoisotopic (exact) mass is 530 g/mol. The van der Waals surface area contributed by atoms with Gasteiger partial charge in [0.25, 0.3) is 5.56 Å². The number of nitrogens with zero attached hydrogens (tertiary/aromatic N) is 7. The first-order valence-corrected chi connectivity index (χ1v) is 13.1. The molecule has 1 atom stereocenters. The molecule has 2 aliphatic heterocycles. The number of allylic oxidation sites excluding steroid dienone is 2. The van der Waals surface area contributed by atoms with Crippen LogP contribution in [0.15, 0.2) is 65.4 Å². The Balaban J connectivity index is 1.38. The third kappa shape index (κ3) is 4.90. The van der Waals surface area contributed by atoms with Gasteiger partial charge in [-0.05, 0) is 62.9 Å².